The topological polar surface area (TPSA) is 104 Å². The van der Waals surface area contributed by atoms with Crippen LogP contribution >= 0.6 is 0 Å². The maximum Gasteiger partial charge on any atom is 0.316 e. The Morgan fingerprint density at radius 3 is 1.85 bits per heavy atom. The van der Waals surface area contributed by atoms with Gasteiger partial charge in [-0.1, -0.05) is 0 Å². The lowest BCUT2D eigenvalue weighted by molar-refractivity contribution is 0.102. The first-order chi connectivity index (χ1) is 16.3. The second-order valence-electron chi connectivity index (χ2n) is 8.15. The Bertz CT molecular complexity index is 1360. The molecule has 1 saturated heterocycles. The van der Waals surface area contributed by atoms with Gasteiger partial charge in [0.2, 0.25) is 5.75 Å². The molecule has 0 unspecified atom stereocenters. The lowest BCUT2D eigenvalue weighted by atomic mass is 10.1. The molecule has 0 aliphatic carbocycles. The fraction of sp³-hybridized carbons (Fsp3) is 0.375. The van der Waals surface area contributed by atoms with Crippen LogP contribution in [0.3, 0.4) is 0 Å². The first kappa shape index (κ1) is 23.2. The number of nitrogens with zero attached hydrogens (tertiary/aromatic N) is 3. The van der Waals surface area contributed by atoms with Crippen LogP contribution in [-0.2, 0) is 14.1 Å². The first-order valence-electron chi connectivity index (χ1n) is 10.9. The number of anilines is 2. The van der Waals surface area contributed by atoms with Crippen LogP contribution in [0.2, 0.25) is 0 Å². The van der Waals surface area contributed by atoms with E-state index in [4.69, 9.17) is 14.2 Å². The summed E-state index contributed by atoms with van der Waals surface area (Å²) in [6.45, 7) is 1.66. The molecule has 1 amide bonds. The Labute approximate surface area is 196 Å². The summed E-state index contributed by atoms with van der Waals surface area (Å²) >= 11 is 0. The second-order valence-corrected chi connectivity index (χ2v) is 8.15. The van der Waals surface area contributed by atoms with Crippen LogP contribution in [-0.4, -0.2) is 49.5 Å². The zero-order valence-electron chi connectivity index (χ0n) is 19.9. The molecule has 1 N–H and O–H groups in total. The molecular formula is C24H28N4O6. The van der Waals surface area contributed by atoms with Crippen molar-refractivity contribution in [2.45, 2.75) is 12.8 Å². The fourth-order valence-electron chi connectivity index (χ4n) is 4.34. The van der Waals surface area contributed by atoms with E-state index in [2.05, 4.69) is 10.2 Å². The van der Waals surface area contributed by atoms with E-state index in [1.807, 2.05) is 6.07 Å². The van der Waals surface area contributed by atoms with Gasteiger partial charge in [-0.2, -0.15) is 0 Å². The SMILES string of the molecule is COc1cc(C(=O)Nc2cc3c(cc2N2CCCC2)n(C)c(=O)c(=O)n3C)cc(OC)c1OC. The molecule has 0 radical (unpaired) electrons. The highest BCUT2D eigenvalue weighted by Gasteiger charge is 2.22. The largest absolute Gasteiger partial charge is 0.493 e. The van der Waals surface area contributed by atoms with E-state index in [0.717, 1.165) is 31.6 Å². The van der Waals surface area contributed by atoms with Crippen LogP contribution in [0.4, 0.5) is 11.4 Å². The van der Waals surface area contributed by atoms with E-state index in [0.29, 0.717) is 39.5 Å². The molecule has 180 valence electrons. The molecule has 1 aliphatic heterocycles. The van der Waals surface area contributed by atoms with Gasteiger partial charge in [-0.25, -0.2) is 0 Å². The molecule has 0 bridgehead atoms. The molecular weight excluding hydrogens is 440 g/mol. The zero-order valence-corrected chi connectivity index (χ0v) is 19.9. The van der Waals surface area contributed by atoms with E-state index < -0.39 is 11.1 Å². The van der Waals surface area contributed by atoms with Gasteiger partial charge in [0, 0.05) is 32.7 Å². The number of hydrogen-bond donors (Lipinski definition) is 1. The van der Waals surface area contributed by atoms with E-state index in [1.165, 1.54) is 30.5 Å². The number of ether oxygens (including phenoxy) is 3. The van der Waals surface area contributed by atoms with Crippen molar-refractivity contribution in [2.75, 3.05) is 44.6 Å². The van der Waals surface area contributed by atoms with E-state index in [9.17, 15) is 14.4 Å². The number of rotatable bonds is 6. The minimum absolute atomic E-state index is 0.316. The summed E-state index contributed by atoms with van der Waals surface area (Å²) in [5.74, 6) is 0.736. The Morgan fingerprint density at radius 1 is 0.824 bits per heavy atom. The Kier molecular flexibility index (Phi) is 6.23. The summed E-state index contributed by atoms with van der Waals surface area (Å²) in [5, 5.41) is 2.98. The Balaban J connectivity index is 1.85. The number of carbonyl (C=O) groups is 1. The van der Waals surface area contributed by atoms with Gasteiger partial charge in [0.05, 0.1) is 43.7 Å². The average Bonchev–Trinajstić information content (AvgIpc) is 3.39. The molecule has 0 atom stereocenters. The molecule has 2 heterocycles. The number of nitrogens with one attached hydrogen (secondary N) is 1. The number of fused-ring (bicyclic) bond motifs is 1. The predicted molar refractivity (Wildman–Crippen MR) is 130 cm³/mol. The molecule has 1 fully saturated rings. The van der Waals surface area contributed by atoms with Gasteiger partial charge in [-0.3, -0.25) is 14.4 Å². The molecule has 34 heavy (non-hydrogen) atoms. The van der Waals surface area contributed by atoms with Crippen LogP contribution in [0.25, 0.3) is 11.0 Å². The summed E-state index contributed by atoms with van der Waals surface area (Å²) in [6.07, 6.45) is 2.06. The maximum absolute atomic E-state index is 13.3. The molecule has 3 aromatic rings. The number of amides is 1. The number of methoxy groups -OCH3 is 3. The van der Waals surface area contributed by atoms with E-state index in [1.54, 1.807) is 32.3 Å². The van der Waals surface area contributed by atoms with Gasteiger partial charge in [0.15, 0.2) is 11.5 Å². The van der Waals surface area contributed by atoms with Crippen molar-refractivity contribution in [1.82, 2.24) is 9.13 Å². The maximum atomic E-state index is 13.3. The van der Waals surface area contributed by atoms with E-state index in [-0.39, 0.29) is 5.91 Å². The molecule has 1 aromatic heterocycles. The third-order valence-corrected chi connectivity index (χ3v) is 6.23. The van der Waals surface area contributed by atoms with Crippen LogP contribution in [0, 0.1) is 0 Å². The highest BCUT2D eigenvalue weighted by Crippen LogP contribution is 2.39. The van der Waals surface area contributed by atoms with Gasteiger partial charge in [-0.05, 0) is 37.1 Å². The van der Waals surface area contributed by atoms with Crippen molar-refractivity contribution in [1.29, 1.82) is 0 Å². The van der Waals surface area contributed by atoms with Crippen LogP contribution < -0.4 is 35.5 Å². The van der Waals surface area contributed by atoms with Crippen molar-refractivity contribution in [3.63, 3.8) is 0 Å². The zero-order chi connectivity index (χ0) is 24.6. The summed E-state index contributed by atoms with van der Waals surface area (Å²) < 4.78 is 18.7. The van der Waals surface area contributed by atoms with Crippen molar-refractivity contribution in [3.8, 4) is 17.2 Å². The van der Waals surface area contributed by atoms with Crippen molar-refractivity contribution in [3.05, 3.63) is 50.5 Å². The number of aromatic nitrogens is 2. The van der Waals surface area contributed by atoms with Crippen molar-refractivity contribution < 1.29 is 19.0 Å². The monoisotopic (exact) mass is 468 g/mol. The molecule has 0 saturated carbocycles. The minimum Gasteiger partial charge on any atom is -0.493 e. The summed E-state index contributed by atoms with van der Waals surface area (Å²) in [4.78, 5) is 40.2. The number of carbonyl (C=O) groups excluding carboxylic acids is 1. The Morgan fingerprint density at radius 2 is 1.35 bits per heavy atom. The summed E-state index contributed by atoms with van der Waals surface area (Å²) in [5.41, 5.74) is 1.56. The molecule has 0 spiro atoms. The van der Waals surface area contributed by atoms with Gasteiger partial charge >= 0.3 is 11.1 Å². The smallest absolute Gasteiger partial charge is 0.316 e. The third kappa shape index (κ3) is 3.85. The average molecular weight is 469 g/mol. The number of benzene rings is 2. The molecule has 10 heteroatoms. The molecule has 10 nitrogen and oxygen atoms in total. The van der Waals surface area contributed by atoms with Crippen LogP contribution in [0.1, 0.15) is 23.2 Å². The highest BCUT2D eigenvalue weighted by molar-refractivity contribution is 6.08. The fourth-order valence-corrected chi connectivity index (χ4v) is 4.34. The Hall–Kier alpha value is -3.95. The first-order valence-corrected chi connectivity index (χ1v) is 10.9. The summed E-state index contributed by atoms with van der Waals surface area (Å²) in [6, 6.07) is 6.74. The van der Waals surface area contributed by atoms with Gasteiger partial charge in [0.1, 0.15) is 0 Å². The molecule has 4 rings (SSSR count). The molecule has 1 aliphatic rings. The standard InChI is InChI=1S/C24H28N4O6/c1-26-17-12-15(25-22(29)14-10-19(32-3)21(34-5)20(11-14)33-4)16(28-8-6-7-9-28)13-18(17)27(2)24(31)23(26)30/h10-13H,6-9H2,1-5H3,(H,25,29). The number of aryl methyl sites for hydroxylation is 2. The third-order valence-electron chi connectivity index (χ3n) is 6.23. The van der Waals surface area contributed by atoms with Crippen molar-refractivity contribution in [2.24, 2.45) is 14.1 Å². The van der Waals surface area contributed by atoms with Gasteiger partial charge < -0.3 is 33.6 Å². The van der Waals surface area contributed by atoms with E-state index >= 15 is 0 Å². The van der Waals surface area contributed by atoms with Crippen LogP contribution in [0.15, 0.2) is 33.9 Å². The second kappa shape index (κ2) is 9.12. The quantitative estimate of drug-likeness (QED) is 0.553. The van der Waals surface area contributed by atoms with Crippen LogP contribution in [0.5, 0.6) is 17.2 Å². The van der Waals surface area contributed by atoms with Crippen molar-refractivity contribution >= 4 is 28.3 Å². The lowest BCUT2D eigenvalue weighted by Crippen LogP contribution is -2.39. The minimum atomic E-state index is -0.633. The number of hydrogen-bond acceptors (Lipinski definition) is 7. The summed E-state index contributed by atoms with van der Waals surface area (Å²) in [7, 11) is 7.59. The van der Waals surface area contributed by atoms with Gasteiger partial charge in [-0.15, -0.1) is 0 Å². The molecule has 2 aromatic carbocycles. The predicted octanol–water partition coefficient (Wildman–Crippen LogP) is 2.12. The normalized spacial score (nSPS) is 13.3. The van der Waals surface area contributed by atoms with Gasteiger partial charge in [0.25, 0.3) is 5.91 Å². The lowest BCUT2D eigenvalue weighted by Gasteiger charge is -2.23. The highest BCUT2D eigenvalue weighted by atomic mass is 16.5.